The number of aryl methyl sites for hydroxylation is 1. The van der Waals surface area contributed by atoms with Gasteiger partial charge in [-0.2, -0.15) is 0 Å². The van der Waals surface area contributed by atoms with E-state index in [1.54, 1.807) is 11.3 Å². The predicted octanol–water partition coefficient (Wildman–Crippen LogP) is 5.31. The Kier molecular flexibility index (Phi) is 5.53. The van der Waals surface area contributed by atoms with Crippen molar-refractivity contribution < 1.29 is 4.79 Å². The lowest BCUT2D eigenvalue weighted by molar-refractivity contribution is 0.0950. The van der Waals surface area contributed by atoms with Gasteiger partial charge in [0.2, 0.25) is 0 Å². The Balaban J connectivity index is 1.76. The summed E-state index contributed by atoms with van der Waals surface area (Å²) in [6.45, 7) is 2.41. The summed E-state index contributed by atoms with van der Waals surface area (Å²) in [7, 11) is 0. The minimum Gasteiger partial charge on any atom is -0.347 e. The maximum atomic E-state index is 12.3. The summed E-state index contributed by atoms with van der Waals surface area (Å²) >= 11 is 9.96. The molecule has 122 valence electrons. The van der Waals surface area contributed by atoms with Crippen LogP contribution < -0.4 is 5.32 Å². The van der Waals surface area contributed by atoms with Crippen LogP contribution in [0.3, 0.4) is 0 Å². The maximum absolute atomic E-state index is 12.3. The lowest BCUT2D eigenvalue weighted by Gasteiger charge is -2.05. The molecular formula is C18H14ClIN2OS. The van der Waals surface area contributed by atoms with Crippen LogP contribution in [0.2, 0.25) is 5.02 Å². The fourth-order valence-corrected chi connectivity index (χ4v) is 4.20. The number of benzene rings is 2. The molecule has 24 heavy (non-hydrogen) atoms. The van der Waals surface area contributed by atoms with Gasteiger partial charge in [0.15, 0.2) is 0 Å². The number of rotatable bonds is 4. The molecule has 0 aliphatic rings. The SMILES string of the molecule is Cc1nc(-c2ccccc2Cl)sc1CNC(=O)c1ccccc1I. The summed E-state index contributed by atoms with van der Waals surface area (Å²) < 4.78 is 0.936. The number of hydrogen-bond acceptors (Lipinski definition) is 3. The van der Waals surface area contributed by atoms with E-state index in [0.717, 1.165) is 24.7 Å². The zero-order valence-corrected chi connectivity index (χ0v) is 16.6. The largest absolute Gasteiger partial charge is 0.347 e. The van der Waals surface area contributed by atoms with E-state index in [4.69, 9.17) is 11.6 Å². The monoisotopic (exact) mass is 468 g/mol. The molecule has 3 nitrogen and oxygen atoms in total. The number of amides is 1. The van der Waals surface area contributed by atoms with Gasteiger partial charge in [-0.1, -0.05) is 41.9 Å². The fourth-order valence-electron chi connectivity index (χ4n) is 2.24. The first kappa shape index (κ1) is 17.4. The molecule has 0 aliphatic carbocycles. The van der Waals surface area contributed by atoms with Gasteiger partial charge in [-0.05, 0) is 47.7 Å². The summed E-state index contributed by atoms with van der Waals surface area (Å²) in [5.74, 6) is -0.0768. The molecule has 0 saturated heterocycles. The van der Waals surface area contributed by atoms with Gasteiger partial charge in [0.1, 0.15) is 5.01 Å². The van der Waals surface area contributed by atoms with Crippen LogP contribution >= 0.6 is 45.5 Å². The number of carbonyl (C=O) groups excluding carboxylic acids is 1. The second kappa shape index (κ2) is 7.63. The van der Waals surface area contributed by atoms with E-state index in [1.807, 2.05) is 55.5 Å². The molecule has 3 rings (SSSR count). The summed E-state index contributed by atoms with van der Waals surface area (Å²) in [6.07, 6.45) is 0. The molecule has 0 bridgehead atoms. The third-order valence-electron chi connectivity index (χ3n) is 3.52. The lowest BCUT2D eigenvalue weighted by atomic mass is 10.2. The first-order valence-corrected chi connectivity index (χ1v) is 9.57. The molecule has 0 aliphatic heterocycles. The molecule has 1 N–H and O–H groups in total. The fraction of sp³-hybridized carbons (Fsp3) is 0.111. The summed E-state index contributed by atoms with van der Waals surface area (Å²) in [5.41, 5.74) is 2.52. The van der Waals surface area contributed by atoms with Crippen LogP contribution in [0.1, 0.15) is 20.9 Å². The topological polar surface area (TPSA) is 42.0 Å². The van der Waals surface area contributed by atoms with Crippen LogP contribution in [0.15, 0.2) is 48.5 Å². The van der Waals surface area contributed by atoms with Crippen LogP contribution in [-0.4, -0.2) is 10.9 Å². The molecular weight excluding hydrogens is 455 g/mol. The number of thiazole rings is 1. The van der Waals surface area contributed by atoms with Crippen LogP contribution in [0.4, 0.5) is 0 Å². The van der Waals surface area contributed by atoms with Crippen molar-refractivity contribution in [3.8, 4) is 10.6 Å². The minimum absolute atomic E-state index is 0.0768. The van der Waals surface area contributed by atoms with E-state index in [1.165, 1.54) is 0 Å². The number of nitrogens with zero attached hydrogens (tertiary/aromatic N) is 1. The number of nitrogens with one attached hydrogen (secondary N) is 1. The van der Waals surface area contributed by atoms with Gasteiger partial charge in [0, 0.05) is 14.0 Å². The highest BCUT2D eigenvalue weighted by Crippen LogP contribution is 2.32. The Bertz CT molecular complexity index is 894. The van der Waals surface area contributed by atoms with Gasteiger partial charge in [0.05, 0.1) is 22.8 Å². The van der Waals surface area contributed by atoms with Gasteiger partial charge in [-0.25, -0.2) is 4.98 Å². The summed E-state index contributed by atoms with van der Waals surface area (Å²) in [6, 6.07) is 15.2. The number of carbonyl (C=O) groups is 1. The highest BCUT2D eigenvalue weighted by molar-refractivity contribution is 14.1. The Hall–Kier alpha value is -1.44. The van der Waals surface area contributed by atoms with Gasteiger partial charge in [-0.15, -0.1) is 11.3 Å². The van der Waals surface area contributed by atoms with Crippen molar-refractivity contribution >= 4 is 51.4 Å². The standard InChI is InChI=1S/C18H14ClIN2OS/c1-11-16(10-21-17(23)13-7-3-5-9-15(13)20)24-18(22-11)12-6-2-4-8-14(12)19/h2-9H,10H2,1H3,(H,21,23). The summed E-state index contributed by atoms with van der Waals surface area (Å²) in [4.78, 5) is 18.0. The van der Waals surface area contributed by atoms with Crippen LogP contribution in [-0.2, 0) is 6.54 Å². The van der Waals surface area contributed by atoms with Crippen LogP contribution in [0.5, 0.6) is 0 Å². The second-order valence-electron chi connectivity index (χ2n) is 5.17. The van der Waals surface area contributed by atoms with Crippen molar-refractivity contribution in [2.45, 2.75) is 13.5 Å². The highest BCUT2D eigenvalue weighted by atomic mass is 127. The van der Waals surface area contributed by atoms with E-state index in [9.17, 15) is 4.79 Å². The molecule has 0 radical (unpaired) electrons. The second-order valence-corrected chi connectivity index (χ2v) is 7.82. The Morgan fingerprint density at radius 3 is 2.67 bits per heavy atom. The van der Waals surface area contributed by atoms with Crippen LogP contribution in [0, 0.1) is 10.5 Å². The Labute approximate surface area is 163 Å². The smallest absolute Gasteiger partial charge is 0.252 e. The number of halogens is 2. The Morgan fingerprint density at radius 2 is 1.92 bits per heavy atom. The quantitative estimate of drug-likeness (QED) is 0.528. The molecule has 6 heteroatoms. The molecule has 3 aromatic rings. The van der Waals surface area contributed by atoms with E-state index < -0.39 is 0 Å². The average Bonchev–Trinajstić information content (AvgIpc) is 2.94. The van der Waals surface area contributed by atoms with Crippen LogP contribution in [0.25, 0.3) is 10.6 Å². The molecule has 0 saturated carbocycles. The highest BCUT2D eigenvalue weighted by Gasteiger charge is 2.14. The minimum atomic E-state index is -0.0768. The molecule has 1 heterocycles. The lowest BCUT2D eigenvalue weighted by Crippen LogP contribution is -2.23. The van der Waals surface area contributed by atoms with Crippen molar-refractivity contribution in [3.05, 3.63) is 73.3 Å². The van der Waals surface area contributed by atoms with Crippen molar-refractivity contribution in [2.75, 3.05) is 0 Å². The van der Waals surface area contributed by atoms with Gasteiger partial charge >= 0.3 is 0 Å². The van der Waals surface area contributed by atoms with E-state index in [0.29, 0.717) is 17.1 Å². The normalized spacial score (nSPS) is 10.6. The molecule has 0 unspecified atom stereocenters. The zero-order chi connectivity index (χ0) is 17.1. The van der Waals surface area contributed by atoms with E-state index in [-0.39, 0.29) is 5.91 Å². The molecule has 1 amide bonds. The first-order chi connectivity index (χ1) is 11.6. The molecule has 0 atom stereocenters. The Morgan fingerprint density at radius 1 is 1.21 bits per heavy atom. The van der Waals surface area contributed by atoms with Gasteiger partial charge in [0.25, 0.3) is 5.91 Å². The molecule has 0 spiro atoms. The number of aromatic nitrogens is 1. The first-order valence-electron chi connectivity index (χ1n) is 7.30. The number of hydrogen-bond donors (Lipinski definition) is 1. The third kappa shape index (κ3) is 3.79. The molecule has 1 aromatic heterocycles. The average molecular weight is 469 g/mol. The van der Waals surface area contributed by atoms with E-state index in [2.05, 4.69) is 32.9 Å². The molecule has 2 aromatic carbocycles. The van der Waals surface area contributed by atoms with Crippen molar-refractivity contribution in [1.29, 1.82) is 0 Å². The molecule has 0 fully saturated rings. The zero-order valence-electron chi connectivity index (χ0n) is 12.8. The van der Waals surface area contributed by atoms with Crippen molar-refractivity contribution in [3.63, 3.8) is 0 Å². The van der Waals surface area contributed by atoms with Gasteiger partial charge in [-0.3, -0.25) is 4.79 Å². The predicted molar refractivity (Wildman–Crippen MR) is 108 cm³/mol. The van der Waals surface area contributed by atoms with Crippen molar-refractivity contribution in [2.24, 2.45) is 0 Å². The van der Waals surface area contributed by atoms with Crippen molar-refractivity contribution in [1.82, 2.24) is 10.3 Å². The maximum Gasteiger partial charge on any atom is 0.252 e. The third-order valence-corrected chi connectivity index (χ3v) is 5.99. The van der Waals surface area contributed by atoms with E-state index >= 15 is 0 Å². The summed E-state index contributed by atoms with van der Waals surface area (Å²) in [5, 5.41) is 4.52. The van der Waals surface area contributed by atoms with Gasteiger partial charge < -0.3 is 5.32 Å².